The van der Waals surface area contributed by atoms with E-state index in [1.807, 2.05) is 59.7 Å². The second-order valence-electron chi connectivity index (χ2n) is 7.53. The molecule has 0 saturated carbocycles. The van der Waals surface area contributed by atoms with E-state index in [2.05, 4.69) is 4.98 Å². The van der Waals surface area contributed by atoms with Crippen LogP contribution in [0.2, 0.25) is 0 Å². The van der Waals surface area contributed by atoms with Crippen molar-refractivity contribution in [2.75, 3.05) is 26.2 Å². The third kappa shape index (κ3) is 5.49. The largest absolute Gasteiger partial charge is 0.489 e. The van der Waals surface area contributed by atoms with Crippen LogP contribution in [0.15, 0.2) is 60.0 Å². The zero-order valence-corrected chi connectivity index (χ0v) is 18.3. The van der Waals surface area contributed by atoms with Crippen LogP contribution < -0.4 is 4.74 Å². The van der Waals surface area contributed by atoms with Crippen molar-refractivity contribution in [3.8, 4) is 5.75 Å². The molecule has 2 amide bonds. The van der Waals surface area contributed by atoms with Crippen LogP contribution in [0.3, 0.4) is 0 Å². The molecule has 1 aromatic heterocycles. The van der Waals surface area contributed by atoms with Gasteiger partial charge in [-0.3, -0.25) is 9.59 Å². The molecular weight excluding hydrogens is 410 g/mol. The van der Waals surface area contributed by atoms with E-state index >= 15 is 0 Å². The van der Waals surface area contributed by atoms with E-state index in [-0.39, 0.29) is 11.8 Å². The van der Waals surface area contributed by atoms with Crippen molar-refractivity contribution in [1.82, 2.24) is 14.8 Å². The van der Waals surface area contributed by atoms with Gasteiger partial charge in [-0.1, -0.05) is 36.4 Å². The number of thiazole rings is 1. The fourth-order valence-corrected chi connectivity index (χ4v) is 4.29. The fraction of sp³-hybridized carbons (Fsp3) is 0.292. The summed E-state index contributed by atoms with van der Waals surface area (Å²) < 4.78 is 5.85. The Kier molecular flexibility index (Phi) is 6.62. The Bertz CT molecular complexity index is 1040. The summed E-state index contributed by atoms with van der Waals surface area (Å²) in [6.45, 7) is 4.51. The zero-order valence-electron chi connectivity index (χ0n) is 17.5. The zero-order chi connectivity index (χ0) is 21.6. The van der Waals surface area contributed by atoms with Gasteiger partial charge < -0.3 is 14.5 Å². The van der Waals surface area contributed by atoms with Crippen molar-refractivity contribution >= 4 is 23.2 Å². The molecule has 6 nitrogen and oxygen atoms in total. The molecule has 0 unspecified atom stereocenters. The highest BCUT2D eigenvalue weighted by Crippen LogP contribution is 2.18. The van der Waals surface area contributed by atoms with Gasteiger partial charge in [0.2, 0.25) is 5.91 Å². The van der Waals surface area contributed by atoms with E-state index in [1.165, 1.54) is 11.3 Å². The molecule has 3 aromatic rings. The maximum Gasteiger partial charge on any atom is 0.254 e. The van der Waals surface area contributed by atoms with Gasteiger partial charge >= 0.3 is 0 Å². The Hall–Kier alpha value is -3.19. The first-order chi connectivity index (χ1) is 15.1. The van der Waals surface area contributed by atoms with Crippen LogP contribution in [0, 0.1) is 6.92 Å². The van der Waals surface area contributed by atoms with Gasteiger partial charge in [-0.05, 0) is 30.7 Å². The number of nitrogens with zero attached hydrogens (tertiary/aromatic N) is 3. The standard InChI is InChI=1S/C24H25N3O3S/c1-18-17-31-22(25-18)15-23(28)26-10-12-27(13-11-26)24(29)20-8-5-9-21(14-20)30-16-19-6-3-2-4-7-19/h2-9,14,17H,10-13,15-16H2,1H3. The lowest BCUT2D eigenvalue weighted by atomic mass is 10.1. The number of piperazine rings is 1. The van der Waals surface area contributed by atoms with Crippen LogP contribution in [0.5, 0.6) is 5.75 Å². The van der Waals surface area contributed by atoms with Crippen molar-refractivity contribution in [3.63, 3.8) is 0 Å². The number of carbonyl (C=O) groups is 2. The number of rotatable bonds is 6. The summed E-state index contributed by atoms with van der Waals surface area (Å²) in [5, 5.41) is 2.80. The molecule has 31 heavy (non-hydrogen) atoms. The van der Waals surface area contributed by atoms with Crippen LogP contribution in [-0.4, -0.2) is 52.8 Å². The summed E-state index contributed by atoms with van der Waals surface area (Å²) in [5.41, 5.74) is 2.62. The SMILES string of the molecule is Cc1csc(CC(=O)N2CCN(C(=O)c3cccc(OCc4ccccc4)c3)CC2)n1. The quantitative estimate of drug-likeness (QED) is 0.594. The van der Waals surface area contributed by atoms with Crippen LogP contribution in [0.1, 0.15) is 26.6 Å². The summed E-state index contributed by atoms with van der Waals surface area (Å²) in [5.74, 6) is 0.702. The Morgan fingerprint density at radius 1 is 1.00 bits per heavy atom. The molecule has 7 heteroatoms. The molecular formula is C24H25N3O3S. The average molecular weight is 436 g/mol. The van der Waals surface area contributed by atoms with Crippen LogP contribution >= 0.6 is 11.3 Å². The molecule has 4 rings (SSSR count). The van der Waals surface area contributed by atoms with E-state index in [0.717, 1.165) is 16.3 Å². The van der Waals surface area contributed by atoms with Crippen LogP contribution in [-0.2, 0) is 17.8 Å². The lowest BCUT2D eigenvalue weighted by molar-refractivity contribution is -0.131. The number of aryl methyl sites for hydroxylation is 1. The van der Waals surface area contributed by atoms with E-state index in [9.17, 15) is 9.59 Å². The summed E-state index contributed by atoms with van der Waals surface area (Å²) in [4.78, 5) is 33.5. The summed E-state index contributed by atoms with van der Waals surface area (Å²) >= 11 is 1.51. The topological polar surface area (TPSA) is 62.7 Å². The minimum absolute atomic E-state index is 0.0344. The first-order valence-corrected chi connectivity index (χ1v) is 11.2. The van der Waals surface area contributed by atoms with Gasteiger partial charge in [0.15, 0.2) is 0 Å². The number of carbonyl (C=O) groups excluding carboxylic acids is 2. The first-order valence-electron chi connectivity index (χ1n) is 10.3. The Morgan fingerprint density at radius 2 is 1.74 bits per heavy atom. The average Bonchev–Trinajstić information content (AvgIpc) is 3.22. The molecule has 0 atom stereocenters. The molecule has 1 saturated heterocycles. The number of amides is 2. The molecule has 0 spiro atoms. The smallest absolute Gasteiger partial charge is 0.254 e. The van der Waals surface area contributed by atoms with E-state index in [1.54, 1.807) is 17.0 Å². The minimum Gasteiger partial charge on any atom is -0.489 e. The third-order valence-electron chi connectivity index (χ3n) is 5.22. The molecule has 160 valence electrons. The first kappa shape index (κ1) is 21.1. The van der Waals surface area contributed by atoms with Gasteiger partial charge in [0, 0.05) is 42.8 Å². The summed E-state index contributed by atoms with van der Waals surface area (Å²) in [6, 6.07) is 17.2. The highest BCUT2D eigenvalue weighted by Gasteiger charge is 2.25. The minimum atomic E-state index is -0.0344. The highest BCUT2D eigenvalue weighted by atomic mass is 32.1. The predicted molar refractivity (Wildman–Crippen MR) is 120 cm³/mol. The number of hydrogen-bond donors (Lipinski definition) is 0. The van der Waals surface area contributed by atoms with E-state index < -0.39 is 0 Å². The molecule has 0 N–H and O–H groups in total. The number of aromatic nitrogens is 1. The van der Waals surface area contributed by atoms with E-state index in [0.29, 0.717) is 50.5 Å². The number of benzene rings is 2. The predicted octanol–water partition coefficient (Wildman–Crippen LogP) is 3.56. The summed E-state index contributed by atoms with van der Waals surface area (Å²) in [6.07, 6.45) is 0.327. The molecule has 1 aliphatic rings. The third-order valence-corrected chi connectivity index (χ3v) is 6.18. The Morgan fingerprint density at radius 3 is 2.45 bits per heavy atom. The van der Waals surface area contributed by atoms with Crippen molar-refractivity contribution < 1.29 is 14.3 Å². The van der Waals surface area contributed by atoms with Gasteiger partial charge in [-0.15, -0.1) is 11.3 Å². The van der Waals surface area contributed by atoms with Crippen molar-refractivity contribution in [1.29, 1.82) is 0 Å². The molecule has 0 aliphatic carbocycles. The molecule has 0 radical (unpaired) electrons. The van der Waals surface area contributed by atoms with Crippen molar-refractivity contribution in [3.05, 3.63) is 81.8 Å². The lowest BCUT2D eigenvalue weighted by Gasteiger charge is -2.34. The molecule has 2 heterocycles. The van der Waals surface area contributed by atoms with E-state index in [4.69, 9.17) is 4.74 Å². The highest BCUT2D eigenvalue weighted by molar-refractivity contribution is 7.09. The van der Waals surface area contributed by atoms with Crippen molar-refractivity contribution in [2.45, 2.75) is 20.0 Å². The molecule has 1 fully saturated rings. The number of hydrogen-bond acceptors (Lipinski definition) is 5. The van der Waals surface area contributed by atoms with Gasteiger partial charge in [-0.25, -0.2) is 4.98 Å². The van der Waals surface area contributed by atoms with Crippen LogP contribution in [0.4, 0.5) is 0 Å². The Labute approximate surface area is 186 Å². The van der Waals surface area contributed by atoms with Gasteiger partial charge in [0.1, 0.15) is 17.4 Å². The maximum absolute atomic E-state index is 13.0. The second kappa shape index (κ2) is 9.75. The molecule has 0 bridgehead atoms. The van der Waals surface area contributed by atoms with Crippen LogP contribution in [0.25, 0.3) is 0 Å². The summed E-state index contributed by atoms with van der Waals surface area (Å²) in [7, 11) is 0. The Balaban J connectivity index is 1.30. The fourth-order valence-electron chi connectivity index (χ4n) is 3.53. The van der Waals surface area contributed by atoms with Gasteiger partial charge in [0.25, 0.3) is 5.91 Å². The lowest BCUT2D eigenvalue weighted by Crippen LogP contribution is -2.51. The van der Waals surface area contributed by atoms with Gasteiger partial charge in [-0.2, -0.15) is 0 Å². The van der Waals surface area contributed by atoms with Gasteiger partial charge in [0.05, 0.1) is 6.42 Å². The molecule has 2 aromatic carbocycles. The molecule has 1 aliphatic heterocycles. The number of ether oxygens (including phenoxy) is 1. The van der Waals surface area contributed by atoms with Crippen molar-refractivity contribution in [2.24, 2.45) is 0 Å². The maximum atomic E-state index is 13.0. The normalized spacial score (nSPS) is 13.8. The second-order valence-corrected chi connectivity index (χ2v) is 8.48. The monoisotopic (exact) mass is 435 g/mol.